The van der Waals surface area contributed by atoms with Crippen LogP contribution >= 0.6 is 0 Å². The molecule has 2 heterocycles. The summed E-state index contributed by atoms with van der Waals surface area (Å²) in [5, 5.41) is 8.79. The lowest BCUT2D eigenvalue weighted by molar-refractivity contribution is -0.165. The zero-order chi connectivity index (χ0) is 14.6. The van der Waals surface area contributed by atoms with E-state index in [1.54, 1.807) is 6.20 Å². The average Bonchev–Trinajstić information content (AvgIpc) is 2.88. The van der Waals surface area contributed by atoms with E-state index in [9.17, 15) is 4.79 Å². The minimum Gasteiger partial charge on any atom is -0.469 e. The predicted molar refractivity (Wildman–Crippen MR) is 74.7 cm³/mol. The molecular weight excluding hydrogens is 254 g/mol. The Morgan fingerprint density at radius 3 is 3.00 bits per heavy atom. The number of hydrogen-bond acceptors (Lipinski definition) is 4. The second-order valence-corrected chi connectivity index (χ2v) is 5.27. The number of allylic oxidation sites excluding steroid dienone is 1. The highest BCUT2D eigenvalue weighted by molar-refractivity contribution is 5.78. The molecule has 0 unspecified atom stereocenters. The van der Waals surface area contributed by atoms with Crippen LogP contribution in [0.4, 0.5) is 0 Å². The Labute approximate surface area is 118 Å². The summed E-state index contributed by atoms with van der Waals surface area (Å²) < 4.78 is 4.92. The van der Waals surface area contributed by atoms with Crippen molar-refractivity contribution in [3.63, 3.8) is 0 Å². The SMILES string of the molecule is C=CCCC1(C(=O)OC)CN(Cc2cc(C#N)c[nH]2)C1. The lowest BCUT2D eigenvalue weighted by Crippen LogP contribution is -2.60. The molecule has 1 aromatic heterocycles. The predicted octanol–water partition coefficient (Wildman–Crippen LogP) is 1.83. The highest BCUT2D eigenvalue weighted by Crippen LogP contribution is 2.37. The number of carbonyl (C=O) groups is 1. The second-order valence-electron chi connectivity index (χ2n) is 5.27. The van der Waals surface area contributed by atoms with Gasteiger partial charge >= 0.3 is 5.97 Å². The molecule has 1 aliphatic rings. The van der Waals surface area contributed by atoms with E-state index in [1.807, 2.05) is 12.1 Å². The van der Waals surface area contributed by atoms with Crippen LogP contribution in [0.25, 0.3) is 0 Å². The van der Waals surface area contributed by atoms with Crippen molar-refractivity contribution in [3.8, 4) is 6.07 Å². The van der Waals surface area contributed by atoms with Gasteiger partial charge in [-0.05, 0) is 18.9 Å². The Kier molecular flexibility index (Phi) is 4.26. The third-order valence-electron chi connectivity index (χ3n) is 3.76. The molecule has 0 aromatic carbocycles. The third kappa shape index (κ3) is 2.75. The van der Waals surface area contributed by atoms with Crippen molar-refractivity contribution >= 4 is 5.97 Å². The number of nitrogens with one attached hydrogen (secondary N) is 1. The maximum atomic E-state index is 11.9. The van der Waals surface area contributed by atoms with Gasteiger partial charge in [0, 0.05) is 31.5 Å². The molecular formula is C15H19N3O2. The van der Waals surface area contributed by atoms with Crippen LogP contribution in [0.2, 0.25) is 0 Å². The zero-order valence-electron chi connectivity index (χ0n) is 11.7. The molecule has 5 nitrogen and oxygen atoms in total. The third-order valence-corrected chi connectivity index (χ3v) is 3.76. The maximum absolute atomic E-state index is 11.9. The molecule has 2 rings (SSSR count). The number of nitrogens with zero attached hydrogens (tertiary/aromatic N) is 2. The molecule has 1 saturated heterocycles. The summed E-state index contributed by atoms with van der Waals surface area (Å²) in [4.78, 5) is 17.2. The molecule has 1 aromatic rings. The average molecular weight is 273 g/mol. The van der Waals surface area contributed by atoms with Crippen LogP contribution in [-0.4, -0.2) is 36.1 Å². The van der Waals surface area contributed by atoms with E-state index in [0.29, 0.717) is 25.2 Å². The van der Waals surface area contributed by atoms with E-state index in [0.717, 1.165) is 18.5 Å². The fraction of sp³-hybridized carbons (Fsp3) is 0.467. The van der Waals surface area contributed by atoms with Crippen LogP contribution in [0.5, 0.6) is 0 Å². The number of likely N-dealkylation sites (tertiary alicyclic amines) is 1. The van der Waals surface area contributed by atoms with Gasteiger partial charge in [-0.2, -0.15) is 5.26 Å². The molecule has 20 heavy (non-hydrogen) atoms. The first-order chi connectivity index (χ1) is 9.63. The standard InChI is InChI=1S/C15H19N3O2/c1-3-4-5-15(14(19)20-2)10-18(11-15)9-13-6-12(7-16)8-17-13/h3,6,8,17H,1,4-5,9-11H2,2H3. The van der Waals surface area contributed by atoms with Crippen molar-refractivity contribution in [1.29, 1.82) is 5.26 Å². The Morgan fingerprint density at radius 1 is 1.70 bits per heavy atom. The first-order valence-electron chi connectivity index (χ1n) is 6.62. The van der Waals surface area contributed by atoms with Crippen LogP contribution in [0.15, 0.2) is 24.9 Å². The molecule has 0 spiro atoms. The summed E-state index contributed by atoms with van der Waals surface area (Å²) in [5.74, 6) is -0.139. The van der Waals surface area contributed by atoms with Gasteiger partial charge in [-0.1, -0.05) is 6.08 Å². The Bertz CT molecular complexity index is 536. The largest absolute Gasteiger partial charge is 0.469 e. The van der Waals surface area contributed by atoms with Crippen LogP contribution in [0.3, 0.4) is 0 Å². The van der Waals surface area contributed by atoms with Crippen molar-refractivity contribution in [2.45, 2.75) is 19.4 Å². The number of methoxy groups -OCH3 is 1. The van der Waals surface area contributed by atoms with Gasteiger partial charge in [0.15, 0.2) is 0 Å². The van der Waals surface area contributed by atoms with Crippen molar-refractivity contribution in [2.75, 3.05) is 20.2 Å². The minimum atomic E-state index is -0.395. The molecule has 1 aliphatic heterocycles. The zero-order valence-corrected chi connectivity index (χ0v) is 11.7. The Hall–Kier alpha value is -2.06. The molecule has 1 N–H and O–H groups in total. The van der Waals surface area contributed by atoms with Crippen LogP contribution < -0.4 is 0 Å². The summed E-state index contributed by atoms with van der Waals surface area (Å²) in [6.07, 6.45) is 5.11. The molecule has 0 radical (unpaired) electrons. The number of aromatic nitrogens is 1. The van der Waals surface area contributed by atoms with Crippen LogP contribution in [0, 0.1) is 16.7 Å². The summed E-state index contributed by atoms with van der Waals surface area (Å²) >= 11 is 0. The molecule has 106 valence electrons. The first-order valence-corrected chi connectivity index (χ1v) is 6.62. The van der Waals surface area contributed by atoms with E-state index >= 15 is 0 Å². The fourth-order valence-electron chi connectivity index (χ4n) is 2.74. The van der Waals surface area contributed by atoms with Gasteiger partial charge in [0.1, 0.15) is 6.07 Å². The Balaban J connectivity index is 1.94. The number of carbonyl (C=O) groups excluding carboxylic acids is 1. The monoisotopic (exact) mass is 273 g/mol. The van der Waals surface area contributed by atoms with Crippen LogP contribution in [-0.2, 0) is 16.1 Å². The summed E-state index contributed by atoms with van der Waals surface area (Å²) in [7, 11) is 1.44. The first kappa shape index (κ1) is 14.4. The number of rotatable bonds is 6. The normalized spacial score (nSPS) is 17.0. The number of hydrogen-bond donors (Lipinski definition) is 1. The fourth-order valence-corrected chi connectivity index (χ4v) is 2.74. The van der Waals surface area contributed by atoms with Gasteiger partial charge in [-0.3, -0.25) is 9.69 Å². The quantitative estimate of drug-likeness (QED) is 0.634. The number of aromatic amines is 1. The molecule has 0 saturated carbocycles. The van der Waals surface area contributed by atoms with Gasteiger partial charge in [0.05, 0.1) is 18.1 Å². The van der Waals surface area contributed by atoms with Gasteiger partial charge in [0.25, 0.3) is 0 Å². The van der Waals surface area contributed by atoms with E-state index in [-0.39, 0.29) is 5.97 Å². The van der Waals surface area contributed by atoms with Crippen molar-refractivity contribution in [2.24, 2.45) is 5.41 Å². The van der Waals surface area contributed by atoms with E-state index in [2.05, 4.69) is 22.5 Å². The van der Waals surface area contributed by atoms with Gasteiger partial charge in [0.2, 0.25) is 0 Å². The van der Waals surface area contributed by atoms with E-state index in [1.165, 1.54) is 7.11 Å². The number of nitriles is 1. The summed E-state index contributed by atoms with van der Waals surface area (Å²) in [6.45, 7) is 5.80. The number of ether oxygens (including phenoxy) is 1. The van der Waals surface area contributed by atoms with E-state index < -0.39 is 5.41 Å². The smallest absolute Gasteiger partial charge is 0.314 e. The molecule has 0 amide bonds. The number of esters is 1. The lowest BCUT2D eigenvalue weighted by Gasteiger charge is -2.47. The maximum Gasteiger partial charge on any atom is 0.314 e. The van der Waals surface area contributed by atoms with Gasteiger partial charge < -0.3 is 9.72 Å². The number of H-pyrrole nitrogens is 1. The van der Waals surface area contributed by atoms with Crippen molar-refractivity contribution < 1.29 is 9.53 Å². The highest BCUT2D eigenvalue weighted by Gasteiger charge is 2.49. The molecule has 0 aliphatic carbocycles. The topological polar surface area (TPSA) is 69.1 Å². The summed E-state index contributed by atoms with van der Waals surface area (Å²) in [5.41, 5.74) is 1.23. The van der Waals surface area contributed by atoms with Crippen molar-refractivity contribution in [3.05, 3.63) is 36.2 Å². The molecule has 0 atom stereocenters. The van der Waals surface area contributed by atoms with E-state index in [4.69, 9.17) is 10.00 Å². The van der Waals surface area contributed by atoms with Crippen molar-refractivity contribution in [1.82, 2.24) is 9.88 Å². The molecule has 0 bridgehead atoms. The Morgan fingerprint density at radius 2 is 2.45 bits per heavy atom. The molecule has 5 heteroatoms. The van der Waals surface area contributed by atoms with Crippen LogP contribution in [0.1, 0.15) is 24.1 Å². The highest BCUT2D eigenvalue weighted by atomic mass is 16.5. The van der Waals surface area contributed by atoms with Gasteiger partial charge in [-0.25, -0.2) is 0 Å². The lowest BCUT2D eigenvalue weighted by atomic mass is 9.75. The minimum absolute atomic E-state index is 0.139. The molecule has 1 fully saturated rings. The summed E-state index contributed by atoms with van der Waals surface area (Å²) in [6, 6.07) is 3.93. The van der Waals surface area contributed by atoms with Gasteiger partial charge in [-0.15, -0.1) is 6.58 Å². The second kappa shape index (κ2) is 5.93.